The third-order valence-corrected chi connectivity index (χ3v) is 3.56. The fraction of sp³-hybridized carbons (Fsp3) is 0.417. The first-order valence-electron chi connectivity index (χ1n) is 5.93. The summed E-state index contributed by atoms with van der Waals surface area (Å²) >= 11 is 1.61. The van der Waals surface area contributed by atoms with Crippen LogP contribution in [0.1, 0.15) is 30.8 Å². The van der Waals surface area contributed by atoms with Gasteiger partial charge in [-0.25, -0.2) is 0 Å². The van der Waals surface area contributed by atoms with Crippen LogP contribution in [0.25, 0.3) is 0 Å². The molecule has 0 radical (unpaired) electrons. The van der Waals surface area contributed by atoms with Crippen LogP contribution in [0.15, 0.2) is 22.3 Å². The predicted molar refractivity (Wildman–Crippen MR) is 73.2 cm³/mol. The Labute approximate surface area is 109 Å². The molecule has 96 valence electrons. The fourth-order valence-corrected chi connectivity index (χ4v) is 2.16. The van der Waals surface area contributed by atoms with Gasteiger partial charge in [0.25, 0.3) is 5.56 Å². The van der Waals surface area contributed by atoms with Gasteiger partial charge in [-0.3, -0.25) is 9.78 Å². The summed E-state index contributed by atoms with van der Waals surface area (Å²) in [4.78, 5) is 15.7. The minimum absolute atomic E-state index is 0.177. The Morgan fingerprint density at radius 2 is 2.33 bits per heavy atom. The highest BCUT2D eigenvalue weighted by Crippen LogP contribution is 2.11. The molecule has 0 saturated heterocycles. The van der Waals surface area contributed by atoms with Gasteiger partial charge >= 0.3 is 0 Å². The maximum Gasteiger partial charge on any atom is 0.274 e. The second kappa shape index (κ2) is 5.77. The van der Waals surface area contributed by atoms with Crippen molar-refractivity contribution in [2.45, 2.75) is 32.7 Å². The molecule has 2 N–H and O–H groups in total. The molecule has 2 heterocycles. The largest absolute Gasteiger partial charge is 0.352 e. The Bertz CT molecular complexity index is 549. The number of H-pyrrole nitrogens is 1. The number of thiophene rings is 1. The van der Waals surface area contributed by atoms with E-state index in [1.165, 1.54) is 0 Å². The Hall–Kier alpha value is -1.69. The molecular weight excluding hydrogens is 248 g/mol. The van der Waals surface area contributed by atoms with Gasteiger partial charge in [0.05, 0.1) is 0 Å². The van der Waals surface area contributed by atoms with E-state index in [-0.39, 0.29) is 11.6 Å². The Morgan fingerprint density at radius 1 is 1.50 bits per heavy atom. The average molecular weight is 264 g/mol. The Balaban J connectivity index is 2.13. The number of aromatic nitrogens is 3. The maximum absolute atomic E-state index is 11.8. The number of anilines is 1. The molecule has 0 bridgehead atoms. The van der Waals surface area contributed by atoms with Gasteiger partial charge in [-0.15, -0.1) is 21.5 Å². The summed E-state index contributed by atoms with van der Waals surface area (Å²) in [5.74, 6) is 0.435. The molecule has 0 aliphatic rings. The normalized spacial score (nSPS) is 12.3. The second-order valence-corrected chi connectivity index (χ2v) is 5.19. The molecule has 0 spiro atoms. The highest BCUT2D eigenvalue weighted by Gasteiger charge is 2.07. The monoisotopic (exact) mass is 264 g/mol. The number of hydrogen-bond donors (Lipinski definition) is 2. The first kappa shape index (κ1) is 12.8. The van der Waals surface area contributed by atoms with E-state index in [4.69, 9.17) is 0 Å². The van der Waals surface area contributed by atoms with Gasteiger partial charge in [-0.1, -0.05) is 13.0 Å². The van der Waals surface area contributed by atoms with Gasteiger partial charge < -0.3 is 5.32 Å². The lowest BCUT2D eigenvalue weighted by Crippen LogP contribution is -2.23. The van der Waals surface area contributed by atoms with E-state index < -0.39 is 0 Å². The van der Waals surface area contributed by atoms with E-state index in [1.807, 2.05) is 24.4 Å². The summed E-state index contributed by atoms with van der Waals surface area (Å²) in [6.45, 7) is 4.09. The highest BCUT2D eigenvalue weighted by atomic mass is 32.1. The van der Waals surface area contributed by atoms with Crippen LogP contribution in [0, 0.1) is 0 Å². The minimum Gasteiger partial charge on any atom is -0.352 e. The van der Waals surface area contributed by atoms with Crippen LogP contribution in [-0.4, -0.2) is 21.2 Å². The topological polar surface area (TPSA) is 70.7 Å². The number of nitrogens with one attached hydrogen (secondary N) is 2. The van der Waals surface area contributed by atoms with E-state index in [0.29, 0.717) is 18.1 Å². The standard InChI is InChI=1S/C12H16N4OS/c1-3-8(2)13-12-14-11(17)10(15-16-12)7-9-5-4-6-18-9/h4-6,8H,3,7H2,1-2H3,(H2,13,14,16,17). The van der Waals surface area contributed by atoms with Crippen molar-refractivity contribution < 1.29 is 0 Å². The SMILES string of the molecule is CCC(C)Nc1nnc(Cc2cccs2)c(=O)[nH]1. The van der Waals surface area contributed by atoms with Crippen molar-refractivity contribution in [2.75, 3.05) is 5.32 Å². The van der Waals surface area contributed by atoms with Crippen LogP contribution in [0.5, 0.6) is 0 Å². The van der Waals surface area contributed by atoms with Crippen LogP contribution >= 0.6 is 11.3 Å². The van der Waals surface area contributed by atoms with E-state index in [1.54, 1.807) is 11.3 Å². The van der Waals surface area contributed by atoms with Crippen LogP contribution in [0.2, 0.25) is 0 Å². The van der Waals surface area contributed by atoms with Crippen LogP contribution in [-0.2, 0) is 6.42 Å². The fourth-order valence-electron chi connectivity index (χ4n) is 1.45. The van der Waals surface area contributed by atoms with Crippen molar-refractivity contribution >= 4 is 17.3 Å². The zero-order chi connectivity index (χ0) is 13.0. The molecule has 0 amide bonds. The number of nitrogens with zero attached hydrogens (tertiary/aromatic N) is 2. The molecule has 1 unspecified atom stereocenters. The zero-order valence-electron chi connectivity index (χ0n) is 10.4. The summed E-state index contributed by atoms with van der Waals surface area (Å²) in [7, 11) is 0. The van der Waals surface area contributed by atoms with Crippen molar-refractivity contribution in [2.24, 2.45) is 0 Å². The van der Waals surface area contributed by atoms with Crippen LogP contribution in [0.4, 0.5) is 5.95 Å². The van der Waals surface area contributed by atoms with E-state index in [0.717, 1.165) is 11.3 Å². The lowest BCUT2D eigenvalue weighted by atomic mass is 10.3. The van der Waals surface area contributed by atoms with Crippen molar-refractivity contribution in [3.8, 4) is 0 Å². The van der Waals surface area contributed by atoms with Gasteiger partial charge in [-0.05, 0) is 24.8 Å². The molecule has 6 heteroatoms. The molecule has 0 aromatic carbocycles. The first-order valence-corrected chi connectivity index (χ1v) is 6.81. The van der Waals surface area contributed by atoms with E-state index >= 15 is 0 Å². The summed E-state index contributed by atoms with van der Waals surface area (Å²) in [5.41, 5.74) is 0.274. The van der Waals surface area contributed by atoms with Gasteiger partial charge in [0.1, 0.15) is 5.69 Å². The van der Waals surface area contributed by atoms with E-state index in [9.17, 15) is 4.79 Å². The van der Waals surface area contributed by atoms with Crippen LogP contribution in [0.3, 0.4) is 0 Å². The van der Waals surface area contributed by atoms with Crippen molar-refractivity contribution in [3.05, 3.63) is 38.4 Å². The molecule has 1 atom stereocenters. The lowest BCUT2D eigenvalue weighted by molar-refractivity contribution is 0.739. The molecule has 2 rings (SSSR count). The molecule has 0 aliphatic carbocycles. The van der Waals surface area contributed by atoms with Gasteiger partial charge in [0.15, 0.2) is 0 Å². The molecule has 5 nitrogen and oxygen atoms in total. The minimum atomic E-state index is -0.177. The Kier molecular flexibility index (Phi) is 4.09. The zero-order valence-corrected chi connectivity index (χ0v) is 11.3. The highest BCUT2D eigenvalue weighted by molar-refractivity contribution is 7.09. The summed E-state index contributed by atoms with van der Waals surface area (Å²) < 4.78 is 0. The molecular formula is C12H16N4OS. The first-order chi connectivity index (χ1) is 8.69. The molecule has 2 aromatic rings. The van der Waals surface area contributed by atoms with Crippen molar-refractivity contribution in [1.29, 1.82) is 0 Å². The van der Waals surface area contributed by atoms with Crippen molar-refractivity contribution in [1.82, 2.24) is 15.2 Å². The molecule has 0 aliphatic heterocycles. The maximum atomic E-state index is 11.8. The summed E-state index contributed by atoms with van der Waals surface area (Å²) in [6, 6.07) is 4.20. The van der Waals surface area contributed by atoms with Crippen LogP contribution < -0.4 is 10.9 Å². The van der Waals surface area contributed by atoms with Gasteiger partial charge in [0, 0.05) is 17.3 Å². The predicted octanol–water partition coefficient (Wildman–Crippen LogP) is 2.03. The molecule has 0 fully saturated rings. The summed E-state index contributed by atoms with van der Waals surface area (Å²) in [6.07, 6.45) is 1.49. The Morgan fingerprint density at radius 3 is 2.94 bits per heavy atom. The quantitative estimate of drug-likeness (QED) is 0.867. The third kappa shape index (κ3) is 3.16. The third-order valence-electron chi connectivity index (χ3n) is 2.68. The van der Waals surface area contributed by atoms with Gasteiger partial charge in [-0.2, -0.15) is 0 Å². The molecule has 18 heavy (non-hydrogen) atoms. The average Bonchev–Trinajstić information content (AvgIpc) is 2.85. The molecule has 0 saturated carbocycles. The smallest absolute Gasteiger partial charge is 0.274 e. The van der Waals surface area contributed by atoms with Gasteiger partial charge in [0.2, 0.25) is 5.95 Å². The lowest BCUT2D eigenvalue weighted by Gasteiger charge is -2.10. The van der Waals surface area contributed by atoms with E-state index in [2.05, 4.69) is 27.4 Å². The second-order valence-electron chi connectivity index (χ2n) is 4.16. The number of hydrogen-bond acceptors (Lipinski definition) is 5. The van der Waals surface area contributed by atoms with Crippen molar-refractivity contribution in [3.63, 3.8) is 0 Å². The molecule has 2 aromatic heterocycles. The summed E-state index contributed by atoms with van der Waals surface area (Å²) in [5, 5.41) is 13.1. The number of rotatable bonds is 5. The number of aromatic amines is 1.